The number of primary amides is 1. The molecule has 5 nitrogen and oxygen atoms in total. The molecule has 0 aromatic heterocycles. The number of amides is 1. The maximum absolute atomic E-state index is 13.6. The number of nitrogens with two attached hydrogens (primary N) is 1. The lowest BCUT2D eigenvalue weighted by Gasteiger charge is -2.34. The molecule has 134 valence electrons. The number of aliphatic imine (C=N–C) groups is 1. The van der Waals surface area contributed by atoms with Crippen LogP contribution in [0.1, 0.15) is 24.8 Å². The summed E-state index contributed by atoms with van der Waals surface area (Å²) < 4.78 is 13.6. The fourth-order valence-electron chi connectivity index (χ4n) is 3.05. The van der Waals surface area contributed by atoms with E-state index in [1.165, 1.54) is 6.07 Å². The van der Waals surface area contributed by atoms with Crippen LogP contribution in [0.4, 0.5) is 4.39 Å². The van der Waals surface area contributed by atoms with E-state index >= 15 is 0 Å². The average Bonchev–Trinajstić information content (AvgIpc) is 2.53. The highest BCUT2D eigenvalue weighted by Crippen LogP contribution is 2.19. The lowest BCUT2D eigenvalue weighted by Crippen LogP contribution is -2.47. The van der Waals surface area contributed by atoms with Gasteiger partial charge in [-0.3, -0.25) is 9.79 Å². The summed E-state index contributed by atoms with van der Waals surface area (Å²) in [4.78, 5) is 17.5. The van der Waals surface area contributed by atoms with E-state index < -0.39 is 0 Å². The van der Waals surface area contributed by atoms with E-state index in [1.807, 2.05) is 6.07 Å². The summed E-state index contributed by atoms with van der Waals surface area (Å²) in [5.74, 6) is 0.657. The molecule has 24 heavy (non-hydrogen) atoms. The lowest BCUT2D eigenvalue weighted by molar-refractivity contribution is -0.119. The van der Waals surface area contributed by atoms with Crippen LogP contribution in [0.25, 0.3) is 0 Å². The van der Waals surface area contributed by atoms with Crippen LogP contribution in [0.15, 0.2) is 29.3 Å². The Morgan fingerprint density at radius 3 is 2.88 bits per heavy atom. The molecule has 0 saturated carbocycles. The van der Waals surface area contributed by atoms with E-state index in [2.05, 4.69) is 15.2 Å². The Balaban J connectivity index is 0.00000288. The number of guanidine groups is 1. The number of nitrogens with one attached hydrogen (secondary N) is 1. The third-order valence-electron chi connectivity index (χ3n) is 4.16. The van der Waals surface area contributed by atoms with Crippen molar-refractivity contribution in [3.8, 4) is 0 Å². The second-order valence-electron chi connectivity index (χ2n) is 5.94. The fraction of sp³-hybridized carbons (Fsp3) is 0.529. The molecule has 1 aliphatic rings. The van der Waals surface area contributed by atoms with Gasteiger partial charge in [0.25, 0.3) is 0 Å². The first-order valence-corrected chi connectivity index (χ1v) is 8.07. The molecule has 0 radical (unpaired) electrons. The van der Waals surface area contributed by atoms with Gasteiger partial charge < -0.3 is 16.0 Å². The maximum Gasteiger partial charge on any atom is 0.217 e. The van der Waals surface area contributed by atoms with E-state index in [4.69, 9.17) is 5.73 Å². The summed E-state index contributed by atoms with van der Waals surface area (Å²) in [6, 6.07) is 6.80. The SMILES string of the molecule is CN=C(NCCc1ccccc1F)N1CCCC(CC(N)=O)C1.I. The first-order valence-electron chi connectivity index (χ1n) is 8.07. The highest BCUT2D eigenvalue weighted by molar-refractivity contribution is 14.0. The summed E-state index contributed by atoms with van der Waals surface area (Å²) in [7, 11) is 1.74. The molecule has 1 unspecified atom stereocenters. The van der Waals surface area contributed by atoms with Crippen molar-refractivity contribution >= 4 is 35.8 Å². The summed E-state index contributed by atoms with van der Waals surface area (Å²) in [5.41, 5.74) is 5.99. The molecule has 1 fully saturated rings. The second kappa shape index (κ2) is 10.5. The quantitative estimate of drug-likeness (QED) is 0.412. The molecule has 0 aliphatic carbocycles. The number of halogens is 2. The smallest absolute Gasteiger partial charge is 0.217 e. The van der Waals surface area contributed by atoms with Crippen molar-refractivity contribution in [2.75, 3.05) is 26.7 Å². The van der Waals surface area contributed by atoms with Crippen LogP contribution in [-0.2, 0) is 11.2 Å². The topological polar surface area (TPSA) is 70.7 Å². The molecule has 1 aromatic carbocycles. The molecule has 1 aliphatic heterocycles. The van der Waals surface area contributed by atoms with Gasteiger partial charge in [0.1, 0.15) is 5.82 Å². The molecule has 0 bridgehead atoms. The first-order chi connectivity index (χ1) is 11.1. The summed E-state index contributed by atoms with van der Waals surface area (Å²) in [6.45, 7) is 2.31. The van der Waals surface area contributed by atoms with Crippen molar-refractivity contribution in [1.29, 1.82) is 0 Å². The van der Waals surface area contributed by atoms with Gasteiger partial charge in [-0.1, -0.05) is 18.2 Å². The number of likely N-dealkylation sites (tertiary alicyclic amines) is 1. The van der Waals surface area contributed by atoms with Crippen molar-refractivity contribution in [3.05, 3.63) is 35.6 Å². The Kier molecular flexibility index (Phi) is 9.02. The molecule has 1 aromatic rings. The summed E-state index contributed by atoms with van der Waals surface area (Å²) in [5, 5.41) is 3.28. The number of hydrogen-bond donors (Lipinski definition) is 2. The number of benzene rings is 1. The van der Waals surface area contributed by atoms with Gasteiger partial charge in [0.15, 0.2) is 5.96 Å². The van der Waals surface area contributed by atoms with E-state index in [0.29, 0.717) is 24.9 Å². The third kappa shape index (κ3) is 6.26. The van der Waals surface area contributed by atoms with Gasteiger partial charge in [-0.15, -0.1) is 24.0 Å². The Morgan fingerprint density at radius 1 is 1.46 bits per heavy atom. The van der Waals surface area contributed by atoms with Gasteiger partial charge in [0, 0.05) is 33.1 Å². The summed E-state index contributed by atoms with van der Waals surface area (Å²) in [6.07, 6.45) is 3.06. The highest BCUT2D eigenvalue weighted by atomic mass is 127. The van der Waals surface area contributed by atoms with Gasteiger partial charge in [0.2, 0.25) is 5.91 Å². The zero-order chi connectivity index (χ0) is 16.7. The monoisotopic (exact) mass is 448 g/mol. The van der Waals surface area contributed by atoms with Crippen LogP contribution < -0.4 is 11.1 Å². The number of hydrogen-bond acceptors (Lipinski definition) is 2. The van der Waals surface area contributed by atoms with Gasteiger partial charge in [0.05, 0.1) is 0 Å². The number of carbonyl (C=O) groups excluding carboxylic acids is 1. The van der Waals surface area contributed by atoms with Gasteiger partial charge in [-0.05, 0) is 36.8 Å². The van der Waals surface area contributed by atoms with E-state index in [1.54, 1.807) is 19.2 Å². The standard InChI is InChI=1S/C17H25FN4O.HI/c1-20-17(21-9-8-14-6-2-3-7-15(14)18)22-10-4-5-13(12-22)11-16(19)23;/h2-3,6-7,13H,4-5,8-12H2,1H3,(H2,19,23)(H,20,21);1H. The first kappa shape index (κ1) is 20.7. The summed E-state index contributed by atoms with van der Waals surface area (Å²) >= 11 is 0. The molecular formula is C17H26FIN4O. The van der Waals surface area contributed by atoms with Gasteiger partial charge in [-0.2, -0.15) is 0 Å². The zero-order valence-electron chi connectivity index (χ0n) is 14.0. The molecular weight excluding hydrogens is 422 g/mol. The number of piperidine rings is 1. The molecule has 2 rings (SSSR count). The van der Waals surface area contributed by atoms with Gasteiger partial charge in [-0.25, -0.2) is 4.39 Å². The minimum Gasteiger partial charge on any atom is -0.370 e. The Labute approximate surface area is 159 Å². The van der Waals surface area contributed by atoms with Crippen molar-refractivity contribution in [1.82, 2.24) is 10.2 Å². The van der Waals surface area contributed by atoms with Crippen LogP contribution in [0.2, 0.25) is 0 Å². The van der Waals surface area contributed by atoms with Crippen molar-refractivity contribution in [3.63, 3.8) is 0 Å². The Hall–Kier alpha value is -1.38. The molecule has 7 heteroatoms. The van der Waals surface area contributed by atoms with Crippen molar-refractivity contribution in [2.45, 2.75) is 25.7 Å². The molecule has 1 saturated heterocycles. The van der Waals surface area contributed by atoms with E-state index in [0.717, 1.165) is 31.9 Å². The minimum atomic E-state index is -0.251. The third-order valence-corrected chi connectivity index (χ3v) is 4.16. The van der Waals surface area contributed by atoms with Crippen LogP contribution >= 0.6 is 24.0 Å². The molecule has 1 heterocycles. The molecule has 1 amide bonds. The van der Waals surface area contributed by atoms with Crippen LogP contribution in [-0.4, -0.2) is 43.4 Å². The number of carbonyl (C=O) groups is 1. The largest absolute Gasteiger partial charge is 0.370 e. The van der Waals surface area contributed by atoms with E-state index in [-0.39, 0.29) is 41.6 Å². The molecule has 0 spiro atoms. The van der Waals surface area contributed by atoms with Crippen molar-refractivity contribution < 1.29 is 9.18 Å². The lowest BCUT2D eigenvalue weighted by atomic mass is 9.95. The Morgan fingerprint density at radius 2 is 2.21 bits per heavy atom. The number of rotatable bonds is 5. The maximum atomic E-state index is 13.6. The fourth-order valence-corrected chi connectivity index (χ4v) is 3.05. The van der Waals surface area contributed by atoms with Crippen LogP contribution in [0, 0.1) is 11.7 Å². The Bertz CT molecular complexity index is 567. The predicted molar refractivity (Wildman–Crippen MR) is 105 cm³/mol. The average molecular weight is 448 g/mol. The van der Waals surface area contributed by atoms with Crippen LogP contribution in [0.3, 0.4) is 0 Å². The number of nitrogens with zero attached hydrogens (tertiary/aromatic N) is 2. The highest BCUT2D eigenvalue weighted by Gasteiger charge is 2.23. The van der Waals surface area contributed by atoms with Gasteiger partial charge >= 0.3 is 0 Å². The predicted octanol–water partition coefficient (Wildman–Crippen LogP) is 2.15. The second-order valence-corrected chi connectivity index (χ2v) is 5.94. The van der Waals surface area contributed by atoms with Crippen LogP contribution in [0.5, 0.6) is 0 Å². The van der Waals surface area contributed by atoms with E-state index in [9.17, 15) is 9.18 Å². The van der Waals surface area contributed by atoms with Crippen molar-refractivity contribution in [2.24, 2.45) is 16.6 Å². The normalized spacial score (nSPS) is 18.0. The molecule has 3 N–H and O–H groups in total. The zero-order valence-corrected chi connectivity index (χ0v) is 16.3. The molecule has 1 atom stereocenters. The minimum absolute atomic E-state index is 0.